The lowest BCUT2D eigenvalue weighted by molar-refractivity contribution is -0.140. The fourth-order valence-electron chi connectivity index (χ4n) is 6.08. The molecule has 4 aromatic rings. The number of hydrogen-bond acceptors (Lipinski definition) is 4. The van der Waals surface area contributed by atoms with Crippen molar-refractivity contribution < 1.29 is 18.0 Å². The summed E-state index contributed by atoms with van der Waals surface area (Å²) in [6, 6.07) is 29.5. The smallest absolute Gasteiger partial charge is 0.264 e. The van der Waals surface area contributed by atoms with Gasteiger partial charge in [-0.2, -0.15) is 0 Å². The fraction of sp³-hybridized carbons (Fsp3) is 0.316. The van der Waals surface area contributed by atoms with Crippen molar-refractivity contribution in [2.75, 3.05) is 10.8 Å². The molecule has 0 unspecified atom stereocenters. The van der Waals surface area contributed by atoms with E-state index in [4.69, 9.17) is 11.6 Å². The minimum absolute atomic E-state index is 0.0105. The monoisotopic (exact) mass is 671 g/mol. The summed E-state index contributed by atoms with van der Waals surface area (Å²) in [4.78, 5) is 30.4. The molecule has 7 nitrogen and oxygen atoms in total. The van der Waals surface area contributed by atoms with E-state index in [2.05, 4.69) is 5.32 Å². The van der Waals surface area contributed by atoms with Crippen LogP contribution in [0.1, 0.15) is 54.4 Å². The van der Waals surface area contributed by atoms with Gasteiger partial charge in [-0.15, -0.1) is 0 Å². The Labute approximate surface area is 283 Å². The van der Waals surface area contributed by atoms with E-state index in [1.165, 1.54) is 24.3 Å². The van der Waals surface area contributed by atoms with E-state index in [0.717, 1.165) is 58.7 Å². The zero-order valence-electron chi connectivity index (χ0n) is 26.9. The maximum Gasteiger partial charge on any atom is 0.264 e. The fourth-order valence-corrected chi connectivity index (χ4v) is 7.62. The van der Waals surface area contributed by atoms with E-state index < -0.39 is 28.5 Å². The number of nitrogens with one attached hydrogen (secondary N) is 1. The van der Waals surface area contributed by atoms with Crippen LogP contribution in [0.5, 0.6) is 0 Å². The van der Waals surface area contributed by atoms with Gasteiger partial charge in [-0.05, 0) is 74.2 Å². The molecule has 0 radical (unpaired) electrons. The summed E-state index contributed by atoms with van der Waals surface area (Å²) in [5.74, 6) is -0.714. The minimum atomic E-state index is -4.19. The number of hydrogen-bond donors (Lipinski definition) is 1. The van der Waals surface area contributed by atoms with Gasteiger partial charge in [0.15, 0.2) is 0 Å². The second kappa shape index (κ2) is 15.6. The predicted molar refractivity (Wildman–Crippen MR) is 188 cm³/mol. The Balaban J connectivity index is 1.56. The van der Waals surface area contributed by atoms with Crippen molar-refractivity contribution in [3.63, 3.8) is 0 Å². The lowest BCUT2D eigenvalue weighted by Gasteiger charge is -2.35. The number of carbonyl (C=O) groups is 2. The van der Waals surface area contributed by atoms with Crippen molar-refractivity contribution in [2.45, 2.75) is 75.9 Å². The topological polar surface area (TPSA) is 86.8 Å². The lowest BCUT2D eigenvalue weighted by atomic mass is 9.94. The van der Waals surface area contributed by atoms with Crippen LogP contribution in [0.25, 0.3) is 0 Å². The molecule has 47 heavy (non-hydrogen) atoms. The molecular formula is C38H42ClN3O4S. The SMILES string of the molecule is Cc1ccc(N(CC(=O)N(Cc2cccc(C)c2)[C@H](Cc2ccccc2)C(=O)NC2CCCCC2)S(=O)(=O)c2ccc(Cl)cc2)cc1. The molecule has 5 rings (SSSR count). The Kier molecular flexibility index (Phi) is 11.4. The molecule has 1 fully saturated rings. The van der Waals surface area contributed by atoms with Crippen LogP contribution in [0.15, 0.2) is 108 Å². The average molecular weight is 672 g/mol. The van der Waals surface area contributed by atoms with Gasteiger partial charge in [0.2, 0.25) is 11.8 Å². The molecule has 4 aromatic carbocycles. The number of amides is 2. The van der Waals surface area contributed by atoms with Crippen LogP contribution in [-0.2, 0) is 32.6 Å². The van der Waals surface area contributed by atoms with Gasteiger partial charge in [-0.1, -0.05) is 109 Å². The largest absolute Gasteiger partial charge is 0.352 e. The van der Waals surface area contributed by atoms with E-state index in [9.17, 15) is 18.0 Å². The van der Waals surface area contributed by atoms with Gasteiger partial charge in [-0.25, -0.2) is 8.42 Å². The predicted octanol–water partition coefficient (Wildman–Crippen LogP) is 7.24. The molecule has 1 aliphatic rings. The number of nitrogens with zero attached hydrogens (tertiary/aromatic N) is 2. The van der Waals surface area contributed by atoms with Gasteiger partial charge in [-0.3, -0.25) is 13.9 Å². The van der Waals surface area contributed by atoms with Crippen LogP contribution in [0, 0.1) is 13.8 Å². The van der Waals surface area contributed by atoms with Crippen LogP contribution >= 0.6 is 11.6 Å². The molecular weight excluding hydrogens is 630 g/mol. The Morgan fingerprint density at radius 3 is 2.13 bits per heavy atom. The normalized spacial score (nSPS) is 14.3. The molecule has 0 aliphatic heterocycles. The van der Waals surface area contributed by atoms with E-state index in [0.29, 0.717) is 10.7 Å². The highest BCUT2D eigenvalue weighted by Crippen LogP contribution is 2.27. The number of carbonyl (C=O) groups excluding carboxylic acids is 2. The maximum atomic E-state index is 14.7. The third-order valence-corrected chi connectivity index (χ3v) is 10.7. The average Bonchev–Trinajstić information content (AvgIpc) is 3.06. The van der Waals surface area contributed by atoms with Crippen LogP contribution < -0.4 is 9.62 Å². The Hall–Kier alpha value is -4.14. The van der Waals surface area contributed by atoms with Crippen LogP contribution in [0.2, 0.25) is 5.02 Å². The summed E-state index contributed by atoms with van der Waals surface area (Å²) in [7, 11) is -4.19. The quantitative estimate of drug-likeness (QED) is 0.172. The van der Waals surface area contributed by atoms with Gasteiger partial charge in [0.25, 0.3) is 10.0 Å². The molecule has 0 spiro atoms. The van der Waals surface area contributed by atoms with E-state index in [1.807, 2.05) is 80.6 Å². The van der Waals surface area contributed by atoms with Crippen molar-refractivity contribution in [2.24, 2.45) is 0 Å². The lowest BCUT2D eigenvalue weighted by Crippen LogP contribution is -2.55. The minimum Gasteiger partial charge on any atom is -0.352 e. The molecule has 2 amide bonds. The zero-order chi connectivity index (χ0) is 33.4. The van der Waals surface area contributed by atoms with Crippen molar-refractivity contribution in [3.8, 4) is 0 Å². The molecule has 1 N–H and O–H groups in total. The van der Waals surface area contributed by atoms with Crippen molar-refractivity contribution in [3.05, 3.63) is 130 Å². The molecule has 9 heteroatoms. The summed E-state index contributed by atoms with van der Waals surface area (Å²) in [5, 5.41) is 3.65. The molecule has 0 heterocycles. The first-order chi connectivity index (χ1) is 22.6. The summed E-state index contributed by atoms with van der Waals surface area (Å²) >= 11 is 6.08. The number of rotatable bonds is 12. The molecule has 0 aromatic heterocycles. The first-order valence-corrected chi connectivity index (χ1v) is 18.0. The standard InChI is InChI=1S/C38H42ClN3O4S/c1-28-16-20-34(21-17-28)42(47(45,46)35-22-18-32(39)19-23-35)27-37(43)41(26-31-13-9-10-29(2)24-31)36(25-30-11-5-3-6-12-30)38(44)40-33-14-7-4-8-15-33/h3,5-6,9-13,16-24,33,36H,4,7-8,14-15,25-27H2,1-2H3,(H,40,44)/t36-/m1/s1. The number of benzene rings is 4. The van der Waals surface area contributed by atoms with E-state index in [-0.39, 0.29) is 29.8 Å². The van der Waals surface area contributed by atoms with Crippen molar-refractivity contribution >= 4 is 39.1 Å². The Morgan fingerprint density at radius 2 is 1.47 bits per heavy atom. The van der Waals surface area contributed by atoms with E-state index >= 15 is 0 Å². The highest BCUT2D eigenvalue weighted by molar-refractivity contribution is 7.92. The first-order valence-electron chi connectivity index (χ1n) is 16.1. The number of sulfonamides is 1. The Morgan fingerprint density at radius 1 is 0.809 bits per heavy atom. The van der Waals surface area contributed by atoms with Crippen LogP contribution in [0.4, 0.5) is 5.69 Å². The second-order valence-corrected chi connectivity index (χ2v) is 14.7. The van der Waals surface area contributed by atoms with Crippen molar-refractivity contribution in [1.29, 1.82) is 0 Å². The Bertz CT molecular complexity index is 1760. The summed E-state index contributed by atoms with van der Waals surface area (Å²) in [6.45, 7) is 3.53. The maximum absolute atomic E-state index is 14.7. The number of halogens is 1. The third kappa shape index (κ3) is 9.02. The third-order valence-electron chi connectivity index (χ3n) is 8.66. The van der Waals surface area contributed by atoms with Gasteiger partial charge in [0, 0.05) is 24.0 Å². The van der Waals surface area contributed by atoms with E-state index in [1.54, 1.807) is 17.0 Å². The molecule has 0 saturated heterocycles. The van der Waals surface area contributed by atoms with Crippen LogP contribution in [0.3, 0.4) is 0 Å². The van der Waals surface area contributed by atoms with Gasteiger partial charge < -0.3 is 10.2 Å². The number of aryl methyl sites for hydroxylation is 2. The van der Waals surface area contributed by atoms with Crippen molar-refractivity contribution in [1.82, 2.24) is 10.2 Å². The highest BCUT2D eigenvalue weighted by Gasteiger charge is 2.35. The molecule has 1 aliphatic carbocycles. The summed E-state index contributed by atoms with van der Waals surface area (Å²) in [5.41, 5.74) is 4.08. The van der Waals surface area contributed by atoms with Gasteiger partial charge >= 0.3 is 0 Å². The first kappa shape index (κ1) is 34.2. The summed E-state index contributed by atoms with van der Waals surface area (Å²) in [6.07, 6.45) is 5.33. The zero-order valence-corrected chi connectivity index (χ0v) is 28.5. The molecule has 246 valence electrons. The highest BCUT2D eigenvalue weighted by atomic mass is 35.5. The molecule has 1 atom stereocenters. The van der Waals surface area contributed by atoms with Gasteiger partial charge in [0.1, 0.15) is 12.6 Å². The number of anilines is 1. The summed E-state index contributed by atoms with van der Waals surface area (Å²) < 4.78 is 29.5. The molecule has 0 bridgehead atoms. The van der Waals surface area contributed by atoms with Gasteiger partial charge in [0.05, 0.1) is 10.6 Å². The van der Waals surface area contributed by atoms with Crippen LogP contribution in [-0.4, -0.2) is 43.8 Å². The molecule has 1 saturated carbocycles. The second-order valence-electron chi connectivity index (χ2n) is 12.4.